The number of carbonyl (C=O) groups excluding carboxylic acids is 1. The van der Waals surface area contributed by atoms with Gasteiger partial charge in [-0.2, -0.15) is 0 Å². The number of rotatable bonds is 4. The van der Waals surface area contributed by atoms with Crippen molar-refractivity contribution in [2.45, 2.75) is 32.3 Å². The van der Waals surface area contributed by atoms with Gasteiger partial charge in [-0.25, -0.2) is 9.89 Å². The van der Waals surface area contributed by atoms with Gasteiger partial charge in [-0.15, -0.1) is 0 Å². The molecule has 0 saturated carbocycles. The molecule has 1 aromatic heterocycles. The van der Waals surface area contributed by atoms with E-state index in [1.165, 1.54) is 5.56 Å². The Bertz CT molecular complexity index is 733. The average Bonchev–Trinajstić information content (AvgIpc) is 2.97. The molecule has 0 spiro atoms. The van der Waals surface area contributed by atoms with Crippen molar-refractivity contribution in [2.75, 3.05) is 6.61 Å². The monoisotopic (exact) mass is 355 g/mol. The third kappa shape index (κ3) is 3.43. The molecule has 0 aliphatic heterocycles. The zero-order chi connectivity index (χ0) is 16.4. The molecule has 1 aliphatic rings. The predicted molar refractivity (Wildman–Crippen MR) is 85.2 cm³/mol. The van der Waals surface area contributed by atoms with Crippen LogP contribution in [0.1, 0.15) is 35.0 Å². The van der Waals surface area contributed by atoms with E-state index in [4.69, 9.17) is 32.7 Å². The lowest BCUT2D eigenvalue weighted by atomic mass is 9.90. The summed E-state index contributed by atoms with van der Waals surface area (Å²) in [4.78, 5) is 11.8. The Hall–Kier alpha value is -1.79. The molecule has 0 fully saturated rings. The molecule has 3 rings (SSSR count). The summed E-state index contributed by atoms with van der Waals surface area (Å²) in [7, 11) is 0. The maximum absolute atomic E-state index is 11.8. The van der Waals surface area contributed by atoms with Gasteiger partial charge in [-0.05, 0) is 43.0 Å². The fourth-order valence-electron chi connectivity index (χ4n) is 2.61. The summed E-state index contributed by atoms with van der Waals surface area (Å²) < 4.78 is 10.8. The van der Waals surface area contributed by atoms with Crippen molar-refractivity contribution in [3.63, 3.8) is 0 Å². The molecule has 23 heavy (non-hydrogen) atoms. The number of carbonyl (C=O) groups is 1. The summed E-state index contributed by atoms with van der Waals surface area (Å²) in [5, 5.41) is 11.1. The van der Waals surface area contributed by atoms with E-state index >= 15 is 0 Å². The van der Waals surface area contributed by atoms with Crippen LogP contribution in [0.3, 0.4) is 0 Å². The first-order valence-corrected chi connectivity index (χ1v) is 8.05. The van der Waals surface area contributed by atoms with Crippen LogP contribution in [0, 0.1) is 0 Å². The van der Waals surface area contributed by atoms with Crippen LogP contribution in [0.5, 0.6) is 5.88 Å². The summed E-state index contributed by atoms with van der Waals surface area (Å²) in [5.41, 5.74) is 2.40. The summed E-state index contributed by atoms with van der Waals surface area (Å²) in [5.74, 6) is -0.365. The number of aromatic amines is 1. The standard InChI is InChI=1S/C15H15Cl2N3O3/c1-2-22-15(21)13-14(19-20-18-13)23-10-4-3-8-6-11(16)12(17)7-9(8)5-10/h6-7,10H,2-5H2,1H3,(H,18,19,20). The Labute approximate surface area is 143 Å². The highest BCUT2D eigenvalue weighted by molar-refractivity contribution is 6.42. The van der Waals surface area contributed by atoms with Gasteiger partial charge in [0.25, 0.3) is 5.88 Å². The molecule has 6 nitrogen and oxygen atoms in total. The molecule has 8 heteroatoms. The second-order valence-electron chi connectivity index (χ2n) is 5.23. The Morgan fingerprint density at radius 3 is 2.83 bits per heavy atom. The second-order valence-corrected chi connectivity index (χ2v) is 6.04. The highest BCUT2D eigenvalue weighted by Gasteiger charge is 2.25. The molecule has 1 heterocycles. The highest BCUT2D eigenvalue weighted by atomic mass is 35.5. The van der Waals surface area contributed by atoms with Gasteiger partial charge in [0.1, 0.15) is 6.10 Å². The number of halogens is 2. The Morgan fingerprint density at radius 2 is 2.09 bits per heavy atom. The third-order valence-corrected chi connectivity index (χ3v) is 4.42. The number of nitrogens with one attached hydrogen (secondary N) is 1. The van der Waals surface area contributed by atoms with Crippen molar-refractivity contribution in [3.05, 3.63) is 39.0 Å². The van der Waals surface area contributed by atoms with E-state index in [1.54, 1.807) is 6.92 Å². The van der Waals surface area contributed by atoms with Gasteiger partial charge in [0, 0.05) is 6.42 Å². The number of hydrogen-bond donors (Lipinski definition) is 1. The van der Waals surface area contributed by atoms with E-state index in [9.17, 15) is 4.79 Å². The lowest BCUT2D eigenvalue weighted by Gasteiger charge is -2.25. The van der Waals surface area contributed by atoms with E-state index in [-0.39, 0.29) is 24.3 Å². The maximum Gasteiger partial charge on any atom is 0.362 e. The molecular formula is C15H15Cl2N3O3. The predicted octanol–water partition coefficient (Wildman–Crippen LogP) is 3.22. The largest absolute Gasteiger partial charge is 0.471 e. The van der Waals surface area contributed by atoms with Gasteiger partial charge < -0.3 is 9.47 Å². The zero-order valence-electron chi connectivity index (χ0n) is 12.4. The molecular weight excluding hydrogens is 341 g/mol. The number of fused-ring (bicyclic) bond motifs is 1. The number of ether oxygens (including phenoxy) is 2. The highest BCUT2D eigenvalue weighted by Crippen LogP contribution is 2.31. The van der Waals surface area contributed by atoms with Gasteiger partial charge >= 0.3 is 5.97 Å². The molecule has 0 saturated heterocycles. The molecule has 0 radical (unpaired) electrons. The van der Waals surface area contributed by atoms with Crippen LogP contribution in [0.4, 0.5) is 0 Å². The van der Waals surface area contributed by atoms with E-state index in [0.717, 1.165) is 18.4 Å². The minimum atomic E-state index is -0.529. The van der Waals surface area contributed by atoms with Gasteiger partial charge in [0.2, 0.25) is 5.69 Å². The average molecular weight is 356 g/mol. The van der Waals surface area contributed by atoms with Crippen molar-refractivity contribution in [1.82, 2.24) is 15.4 Å². The Balaban J connectivity index is 1.74. The molecule has 1 aliphatic carbocycles. The Kier molecular flexibility index (Phi) is 4.73. The molecule has 1 aromatic carbocycles. The van der Waals surface area contributed by atoms with Crippen molar-refractivity contribution >= 4 is 29.2 Å². The first-order valence-electron chi connectivity index (χ1n) is 7.30. The zero-order valence-corrected chi connectivity index (χ0v) is 13.9. The topological polar surface area (TPSA) is 77.1 Å². The number of H-pyrrole nitrogens is 1. The normalized spacial score (nSPS) is 16.7. The van der Waals surface area contributed by atoms with Gasteiger partial charge in [-0.1, -0.05) is 33.5 Å². The lowest BCUT2D eigenvalue weighted by molar-refractivity contribution is 0.0510. The number of hydrogen-bond acceptors (Lipinski definition) is 5. The van der Waals surface area contributed by atoms with Crippen molar-refractivity contribution in [2.24, 2.45) is 0 Å². The van der Waals surface area contributed by atoms with Gasteiger partial charge in [0.15, 0.2) is 0 Å². The molecule has 1 N–H and O–H groups in total. The maximum atomic E-state index is 11.8. The molecule has 122 valence electrons. The third-order valence-electron chi connectivity index (χ3n) is 3.70. The van der Waals surface area contributed by atoms with Crippen LogP contribution in [-0.4, -0.2) is 34.1 Å². The minimum absolute atomic E-state index is 0.113. The number of aromatic nitrogens is 3. The summed E-state index contributed by atoms with van der Waals surface area (Å²) in [6, 6.07) is 3.76. The van der Waals surface area contributed by atoms with E-state index in [2.05, 4.69) is 15.4 Å². The molecule has 0 amide bonds. The van der Waals surface area contributed by atoms with Crippen LogP contribution in [-0.2, 0) is 17.6 Å². The van der Waals surface area contributed by atoms with E-state index in [0.29, 0.717) is 16.5 Å². The fourth-order valence-corrected chi connectivity index (χ4v) is 2.98. The lowest BCUT2D eigenvalue weighted by Crippen LogP contribution is -2.26. The van der Waals surface area contributed by atoms with Gasteiger partial charge in [0.05, 0.1) is 16.7 Å². The van der Waals surface area contributed by atoms with Crippen molar-refractivity contribution in [1.29, 1.82) is 0 Å². The molecule has 2 aromatic rings. The summed E-state index contributed by atoms with van der Waals surface area (Å²) >= 11 is 12.1. The fraction of sp³-hybridized carbons (Fsp3) is 0.400. The minimum Gasteiger partial charge on any atom is -0.471 e. The number of esters is 1. The summed E-state index contributed by atoms with van der Waals surface area (Å²) in [6.07, 6.45) is 2.17. The van der Waals surface area contributed by atoms with Crippen LogP contribution in [0.25, 0.3) is 0 Å². The van der Waals surface area contributed by atoms with Crippen molar-refractivity contribution < 1.29 is 14.3 Å². The van der Waals surface area contributed by atoms with Crippen LogP contribution in [0.2, 0.25) is 10.0 Å². The van der Waals surface area contributed by atoms with Crippen LogP contribution < -0.4 is 4.74 Å². The van der Waals surface area contributed by atoms with Gasteiger partial charge in [-0.3, -0.25) is 0 Å². The first-order chi connectivity index (χ1) is 11.1. The number of aryl methyl sites for hydroxylation is 1. The van der Waals surface area contributed by atoms with Crippen molar-refractivity contribution in [3.8, 4) is 5.88 Å². The van der Waals surface area contributed by atoms with Crippen LogP contribution >= 0.6 is 23.2 Å². The molecule has 0 bridgehead atoms. The van der Waals surface area contributed by atoms with Crippen LogP contribution in [0.15, 0.2) is 12.1 Å². The smallest absolute Gasteiger partial charge is 0.362 e. The Morgan fingerprint density at radius 1 is 1.35 bits per heavy atom. The van der Waals surface area contributed by atoms with E-state index in [1.807, 2.05) is 12.1 Å². The number of nitrogens with zero attached hydrogens (tertiary/aromatic N) is 2. The quantitative estimate of drug-likeness (QED) is 0.852. The molecule has 1 unspecified atom stereocenters. The summed E-state index contributed by atoms with van der Waals surface area (Å²) in [6.45, 7) is 2.00. The number of benzene rings is 1. The van der Waals surface area contributed by atoms with E-state index < -0.39 is 5.97 Å². The molecule has 1 atom stereocenters. The second kappa shape index (κ2) is 6.76. The first kappa shape index (κ1) is 16.1. The SMILES string of the molecule is CCOC(=O)c1[nH]nnc1OC1CCc2cc(Cl)c(Cl)cc2C1.